The number of aromatic amines is 1. The van der Waals surface area contributed by atoms with E-state index in [9.17, 15) is 14.4 Å². The fraction of sp³-hybridized carbons (Fsp3) is 0.0556. The highest BCUT2D eigenvalue weighted by Gasteiger charge is 2.10. The molecular weight excluding hydrogens is 306 g/mol. The van der Waals surface area contributed by atoms with Gasteiger partial charge < -0.3 is 5.32 Å². The van der Waals surface area contributed by atoms with Gasteiger partial charge in [0.25, 0.3) is 11.1 Å². The maximum absolute atomic E-state index is 12.4. The fourth-order valence-electron chi connectivity index (χ4n) is 2.39. The zero-order valence-corrected chi connectivity index (χ0v) is 12.6. The molecule has 3 rings (SSSR count). The average Bonchev–Trinajstić information content (AvgIpc) is 2.59. The van der Waals surface area contributed by atoms with Gasteiger partial charge in [-0.3, -0.25) is 19.5 Å². The third-order valence-corrected chi connectivity index (χ3v) is 3.50. The third kappa shape index (κ3) is 2.96. The molecule has 0 fully saturated rings. The van der Waals surface area contributed by atoms with Crippen LogP contribution in [0.5, 0.6) is 0 Å². The first-order chi connectivity index (χ1) is 11.6. The van der Waals surface area contributed by atoms with E-state index in [1.165, 1.54) is 0 Å². The van der Waals surface area contributed by atoms with Crippen molar-refractivity contribution in [2.24, 2.45) is 0 Å². The van der Waals surface area contributed by atoms with Gasteiger partial charge in [0.15, 0.2) is 0 Å². The Morgan fingerprint density at radius 2 is 1.88 bits per heavy atom. The molecule has 118 valence electrons. The second-order valence-electron chi connectivity index (χ2n) is 5.15. The van der Waals surface area contributed by atoms with Crippen molar-refractivity contribution in [2.75, 3.05) is 5.32 Å². The van der Waals surface area contributed by atoms with Crippen LogP contribution in [0, 0.1) is 12.3 Å². The lowest BCUT2D eigenvalue weighted by Gasteiger charge is -2.08. The molecule has 0 saturated heterocycles. The lowest BCUT2D eigenvalue weighted by Crippen LogP contribution is -2.34. The molecule has 0 radical (unpaired) electrons. The lowest BCUT2D eigenvalue weighted by molar-refractivity contribution is -0.117. The number of hydrogen-bond donors (Lipinski definition) is 2. The van der Waals surface area contributed by atoms with Crippen LogP contribution in [0.15, 0.2) is 58.1 Å². The van der Waals surface area contributed by atoms with Gasteiger partial charge >= 0.3 is 0 Å². The van der Waals surface area contributed by atoms with E-state index in [0.29, 0.717) is 16.6 Å². The number of benzene rings is 2. The molecular formula is C18H13N3O3. The number of carbonyl (C=O) groups is 1. The molecule has 0 unspecified atom stereocenters. The Hall–Kier alpha value is -3.59. The van der Waals surface area contributed by atoms with Crippen LogP contribution in [0.25, 0.3) is 10.8 Å². The van der Waals surface area contributed by atoms with Gasteiger partial charge in [-0.15, -0.1) is 6.42 Å². The fourth-order valence-corrected chi connectivity index (χ4v) is 2.39. The van der Waals surface area contributed by atoms with Gasteiger partial charge in [0.2, 0.25) is 5.91 Å². The van der Waals surface area contributed by atoms with Gasteiger partial charge in [0.1, 0.15) is 6.54 Å². The standard InChI is InChI=1S/C18H13N3O3/c1-2-12-6-5-7-13(10-12)19-16(22)11-21-18(24)15-9-4-3-8-14(15)17(23)20-21/h1,3-10H,11H2,(H,19,22)(H,20,23). The summed E-state index contributed by atoms with van der Waals surface area (Å²) in [6, 6.07) is 13.2. The van der Waals surface area contributed by atoms with E-state index in [0.717, 1.165) is 4.68 Å². The van der Waals surface area contributed by atoms with Crippen molar-refractivity contribution in [2.45, 2.75) is 6.54 Å². The number of anilines is 1. The Morgan fingerprint density at radius 3 is 2.62 bits per heavy atom. The molecule has 2 N–H and O–H groups in total. The molecule has 0 aliphatic heterocycles. The Balaban J connectivity index is 1.88. The van der Waals surface area contributed by atoms with Crippen LogP contribution in [0.1, 0.15) is 5.56 Å². The molecule has 3 aromatic rings. The summed E-state index contributed by atoms with van der Waals surface area (Å²) in [5, 5.41) is 5.62. The van der Waals surface area contributed by atoms with Crippen molar-refractivity contribution >= 4 is 22.4 Å². The number of terminal acetylenes is 1. The highest BCUT2D eigenvalue weighted by atomic mass is 16.2. The third-order valence-electron chi connectivity index (χ3n) is 3.50. The first kappa shape index (κ1) is 15.3. The molecule has 0 aliphatic rings. The summed E-state index contributed by atoms with van der Waals surface area (Å²) in [5.41, 5.74) is 0.292. The van der Waals surface area contributed by atoms with Crippen LogP contribution in [0.3, 0.4) is 0 Å². The Labute approximate surface area is 136 Å². The average molecular weight is 319 g/mol. The van der Waals surface area contributed by atoms with Crippen LogP contribution < -0.4 is 16.4 Å². The predicted octanol–water partition coefficient (Wildman–Crippen LogP) is 1.31. The van der Waals surface area contributed by atoms with Gasteiger partial charge in [0.05, 0.1) is 10.8 Å². The van der Waals surface area contributed by atoms with Crippen molar-refractivity contribution in [1.29, 1.82) is 0 Å². The molecule has 0 bridgehead atoms. The van der Waals surface area contributed by atoms with Crippen molar-refractivity contribution < 1.29 is 4.79 Å². The van der Waals surface area contributed by atoms with Gasteiger partial charge in [0, 0.05) is 11.3 Å². The van der Waals surface area contributed by atoms with Gasteiger partial charge in [-0.1, -0.05) is 24.1 Å². The molecule has 24 heavy (non-hydrogen) atoms. The number of fused-ring (bicyclic) bond motifs is 1. The molecule has 6 heteroatoms. The van der Waals surface area contributed by atoms with E-state index < -0.39 is 17.0 Å². The van der Waals surface area contributed by atoms with Crippen LogP contribution in [0.2, 0.25) is 0 Å². The molecule has 2 aromatic carbocycles. The van der Waals surface area contributed by atoms with Crippen LogP contribution >= 0.6 is 0 Å². The minimum absolute atomic E-state index is 0.267. The van der Waals surface area contributed by atoms with Crippen molar-refractivity contribution in [3.05, 3.63) is 74.8 Å². The maximum Gasteiger partial charge on any atom is 0.273 e. The highest BCUT2D eigenvalue weighted by molar-refractivity contribution is 5.91. The quantitative estimate of drug-likeness (QED) is 0.714. The highest BCUT2D eigenvalue weighted by Crippen LogP contribution is 2.09. The van der Waals surface area contributed by atoms with Crippen molar-refractivity contribution in [3.8, 4) is 12.3 Å². The van der Waals surface area contributed by atoms with Crippen molar-refractivity contribution in [3.63, 3.8) is 0 Å². The summed E-state index contributed by atoms with van der Waals surface area (Å²) in [4.78, 5) is 36.5. The lowest BCUT2D eigenvalue weighted by atomic mass is 10.2. The van der Waals surface area contributed by atoms with E-state index in [4.69, 9.17) is 6.42 Å². The molecule has 0 aliphatic carbocycles. The Kier molecular flexibility index (Phi) is 4.00. The summed E-state index contributed by atoms with van der Waals surface area (Å²) in [6.07, 6.45) is 5.31. The molecule has 1 heterocycles. The van der Waals surface area contributed by atoms with Gasteiger partial charge in [-0.2, -0.15) is 0 Å². The molecule has 0 spiro atoms. The molecule has 1 aromatic heterocycles. The monoisotopic (exact) mass is 319 g/mol. The minimum atomic E-state index is -0.447. The molecule has 0 atom stereocenters. The first-order valence-corrected chi connectivity index (χ1v) is 7.17. The number of nitrogens with one attached hydrogen (secondary N) is 2. The second kappa shape index (κ2) is 6.26. The van der Waals surface area contributed by atoms with Gasteiger partial charge in [-0.05, 0) is 30.3 Å². The largest absolute Gasteiger partial charge is 0.324 e. The zero-order valence-electron chi connectivity index (χ0n) is 12.6. The summed E-state index contributed by atoms with van der Waals surface area (Å²) >= 11 is 0. The second-order valence-corrected chi connectivity index (χ2v) is 5.15. The molecule has 6 nitrogen and oxygen atoms in total. The maximum atomic E-state index is 12.4. The minimum Gasteiger partial charge on any atom is -0.324 e. The van der Waals surface area contributed by atoms with E-state index >= 15 is 0 Å². The number of nitrogens with zero attached hydrogens (tertiary/aromatic N) is 1. The SMILES string of the molecule is C#Cc1cccc(NC(=O)Cn2[nH]c(=O)c3ccccc3c2=O)c1. The zero-order chi connectivity index (χ0) is 17.1. The Morgan fingerprint density at radius 1 is 1.12 bits per heavy atom. The van der Waals surface area contributed by atoms with Crippen LogP contribution in [-0.4, -0.2) is 15.7 Å². The van der Waals surface area contributed by atoms with Crippen molar-refractivity contribution in [1.82, 2.24) is 9.78 Å². The normalized spacial score (nSPS) is 10.3. The van der Waals surface area contributed by atoms with Crippen LogP contribution in [-0.2, 0) is 11.3 Å². The number of hydrogen-bond acceptors (Lipinski definition) is 3. The number of rotatable bonds is 3. The Bertz CT molecular complexity index is 1090. The number of amides is 1. The van der Waals surface area contributed by atoms with Gasteiger partial charge in [-0.25, -0.2) is 4.68 Å². The summed E-state index contributed by atoms with van der Waals surface area (Å²) in [7, 11) is 0. The number of carbonyl (C=O) groups excluding carboxylic acids is 1. The molecule has 1 amide bonds. The smallest absolute Gasteiger partial charge is 0.273 e. The van der Waals surface area contributed by atoms with Crippen LogP contribution in [0.4, 0.5) is 5.69 Å². The van der Waals surface area contributed by atoms with E-state index in [-0.39, 0.29) is 11.9 Å². The number of aromatic nitrogens is 2. The topological polar surface area (TPSA) is 84.0 Å². The van der Waals surface area contributed by atoms with E-state index in [1.54, 1.807) is 48.5 Å². The summed E-state index contributed by atoms with van der Waals surface area (Å²) in [6.45, 7) is -0.306. The van der Waals surface area contributed by atoms with E-state index in [1.807, 2.05) is 0 Å². The summed E-state index contributed by atoms with van der Waals surface area (Å²) in [5.74, 6) is 2.03. The van der Waals surface area contributed by atoms with E-state index in [2.05, 4.69) is 16.3 Å². The predicted molar refractivity (Wildman–Crippen MR) is 91.8 cm³/mol. The first-order valence-electron chi connectivity index (χ1n) is 7.17. The molecule has 0 saturated carbocycles. The summed E-state index contributed by atoms with van der Waals surface area (Å²) < 4.78 is 0.991. The number of H-pyrrole nitrogens is 1.